The summed E-state index contributed by atoms with van der Waals surface area (Å²) in [6, 6.07) is 7.13. The first kappa shape index (κ1) is 33.6. The van der Waals surface area contributed by atoms with Crippen LogP contribution in [-0.2, 0) is 20.8 Å². The molecule has 0 aromatic heterocycles. The first-order chi connectivity index (χ1) is 18.5. The van der Waals surface area contributed by atoms with Gasteiger partial charge in [-0.05, 0) is 69.5 Å². The summed E-state index contributed by atoms with van der Waals surface area (Å²) in [6.45, 7) is 12.5. The summed E-state index contributed by atoms with van der Waals surface area (Å²) in [4.78, 5) is 41.4. The van der Waals surface area contributed by atoms with Crippen molar-refractivity contribution in [2.75, 3.05) is 20.1 Å². The van der Waals surface area contributed by atoms with Crippen LogP contribution in [0.5, 0.6) is 0 Å². The van der Waals surface area contributed by atoms with E-state index in [1.54, 1.807) is 11.9 Å². The summed E-state index contributed by atoms with van der Waals surface area (Å²) >= 11 is 0. The Morgan fingerprint density at radius 3 is 2.21 bits per heavy atom. The number of fused-ring (bicyclic) bond motifs is 1. The SMILES string of the molecule is CC.CC.CCC(C(=O)NC1CCCc2ccccc21)N(CC)C(=O)C(NC(=O)CNC)C1CCCCC1. The van der Waals surface area contributed by atoms with Gasteiger partial charge in [-0.2, -0.15) is 0 Å². The van der Waals surface area contributed by atoms with Crippen LogP contribution in [0.4, 0.5) is 0 Å². The topological polar surface area (TPSA) is 90.5 Å². The highest BCUT2D eigenvalue weighted by molar-refractivity contribution is 5.92. The number of benzene rings is 1. The van der Waals surface area contributed by atoms with E-state index in [4.69, 9.17) is 0 Å². The lowest BCUT2D eigenvalue weighted by molar-refractivity contribution is -0.145. The number of carbonyl (C=O) groups is 3. The summed E-state index contributed by atoms with van der Waals surface area (Å²) < 4.78 is 0. The Morgan fingerprint density at radius 2 is 1.61 bits per heavy atom. The number of amides is 3. The average Bonchev–Trinajstić information content (AvgIpc) is 2.97. The zero-order valence-electron chi connectivity index (χ0n) is 25.1. The van der Waals surface area contributed by atoms with E-state index in [-0.39, 0.29) is 36.2 Å². The molecule has 0 bridgehead atoms. The number of likely N-dealkylation sites (N-methyl/N-ethyl adjacent to an activating group) is 2. The molecule has 3 unspecified atom stereocenters. The summed E-state index contributed by atoms with van der Waals surface area (Å²) in [5.74, 6) is -0.311. The fraction of sp³-hybridized carbons (Fsp3) is 0.710. The van der Waals surface area contributed by atoms with E-state index < -0.39 is 12.1 Å². The molecule has 0 aliphatic heterocycles. The summed E-state index contributed by atoms with van der Waals surface area (Å²) in [6.07, 6.45) is 8.67. The number of nitrogens with one attached hydrogen (secondary N) is 3. The van der Waals surface area contributed by atoms with Gasteiger partial charge in [0, 0.05) is 6.54 Å². The number of aryl methyl sites for hydroxylation is 1. The van der Waals surface area contributed by atoms with Crippen LogP contribution in [0.3, 0.4) is 0 Å². The quantitative estimate of drug-likeness (QED) is 0.390. The minimum absolute atomic E-state index is 0.0234. The summed E-state index contributed by atoms with van der Waals surface area (Å²) in [7, 11) is 1.72. The second-order valence-electron chi connectivity index (χ2n) is 9.67. The largest absolute Gasteiger partial charge is 0.347 e. The first-order valence-corrected chi connectivity index (χ1v) is 15.1. The van der Waals surface area contributed by atoms with Crippen molar-refractivity contribution in [1.29, 1.82) is 0 Å². The van der Waals surface area contributed by atoms with Gasteiger partial charge in [0.05, 0.1) is 12.6 Å². The van der Waals surface area contributed by atoms with Crippen molar-refractivity contribution in [3.05, 3.63) is 35.4 Å². The molecule has 1 aromatic carbocycles. The van der Waals surface area contributed by atoms with Gasteiger partial charge in [0.15, 0.2) is 0 Å². The molecule has 3 rings (SSSR count). The van der Waals surface area contributed by atoms with Gasteiger partial charge in [-0.1, -0.05) is 78.1 Å². The van der Waals surface area contributed by atoms with E-state index >= 15 is 0 Å². The second-order valence-corrected chi connectivity index (χ2v) is 9.67. The average molecular weight is 531 g/mol. The second kappa shape index (κ2) is 18.8. The van der Waals surface area contributed by atoms with E-state index in [0.717, 1.165) is 44.9 Å². The van der Waals surface area contributed by atoms with Gasteiger partial charge in [-0.3, -0.25) is 14.4 Å². The molecule has 2 aliphatic rings. The molecule has 7 nitrogen and oxygen atoms in total. The van der Waals surface area contributed by atoms with Gasteiger partial charge in [-0.15, -0.1) is 0 Å². The van der Waals surface area contributed by atoms with Crippen LogP contribution in [0.2, 0.25) is 0 Å². The van der Waals surface area contributed by atoms with E-state index in [9.17, 15) is 14.4 Å². The van der Waals surface area contributed by atoms with Gasteiger partial charge in [0.25, 0.3) is 0 Å². The van der Waals surface area contributed by atoms with Crippen molar-refractivity contribution in [2.45, 2.75) is 117 Å². The van der Waals surface area contributed by atoms with Gasteiger partial charge in [-0.25, -0.2) is 0 Å². The Balaban J connectivity index is 0.00000172. The molecule has 3 N–H and O–H groups in total. The fourth-order valence-electron chi connectivity index (χ4n) is 5.66. The molecule has 1 saturated carbocycles. The number of carbonyl (C=O) groups excluding carboxylic acids is 3. The first-order valence-electron chi connectivity index (χ1n) is 15.1. The smallest absolute Gasteiger partial charge is 0.246 e. The predicted molar refractivity (Wildman–Crippen MR) is 157 cm³/mol. The molecule has 7 heteroatoms. The maximum absolute atomic E-state index is 13.8. The maximum atomic E-state index is 13.8. The van der Waals surface area contributed by atoms with Gasteiger partial charge in [0.2, 0.25) is 17.7 Å². The fourth-order valence-corrected chi connectivity index (χ4v) is 5.66. The van der Waals surface area contributed by atoms with E-state index in [2.05, 4.69) is 28.1 Å². The van der Waals surface area contributed by atoms with Gasteiger partial charge < -0.3 is 20.9 Å². The molecular weight excluding hydrogens is 476 g/mol. The summed E-state index contributed by atoms with van der Waals surface area (Å²) in [5, 5.41) is 9.10. The third-order valence-corrected chi connectivity index (χ3v) is 7.42. The molecule has 0 saturated heterocycles. The highest BCUT2D eigenvalue weighted by Crippen LogP contribution is 2.30. The van der Waals surface area contributed by atoms with Crippen molar-refractivity contribution in [2.24, 2.45) is 5.92 Å². The standard InChI is InChI=1S/C27H42N4O3.2C2H6/c1-4-23(26(33)29-22-17-11-15-19-12-9-10-16-21(19)22)31(5-2)27(34)25(30-24(32)18-28-3)20-13-7-6-8-14-20;2*1-2/h9-10,12,16,20,22-23,25,28H,4-8,11,13-15,17-18H2,1-3H3,(H,29,33)(H,30,32);2*1-2H3. The van der Waals surface area contributed by atoms with Crippen LogP contribution in [0, 0.1) is 5.92 Å². The molecule has 3 atom stereocenters. The van der Waals surface area contributed by atoms with Crippen molar-refractivity contribution in [3.63, 3.8) is 0 Å². The van der Waals surface area contributed by atoms with Crippen LogP contribution in [-0.4, -0.2) is 54.8 Å². The van der Waals surface area contributed by atoms with Crippen LogP contribution in [0.1, 0.15) is 110 Å². The minimum atomic E-state index is -0.585. The van der Waals surface area contributed by atoms with Crippen LogP contribution < -0.4 is 16.0 Å². The Labute approximate surface area is 231 Å². The van der Waals surface area contributed by atoms with E-state index in [0.29, 0.717) is 13.0 Å². The van der Waals surface area contributed by atoms with Gasteiger partial charge in [0.1, 0.15) is 12.1 Å². The Morgan fingerprint density at radius 1 is 0.947 bits per heavy atom. The Hall–Kier alpha value is -2.41. The highest BCUT2D eigenvalue weighted by atomic mass is 16.2. The zero-order chi connectivity index (χ0) is 28.5. The number of hydrogen-bond acceptors (Lipinski definition) is 4. The summed E-state index contributed by atoms with van der Waals surface area (Å²) in [5.41, 5.74) is 2.48. The molecule has 216 valence electrons. The normalized spacial score (nSPS) is 18.2. The van der Waals surface area contributed by atoms with Crippen molar-refractivity contribution < 1.29 is 14.4 Å². The molecule has 38 heavy (non-hydrogen) atoms. The van der Waals surface area contributed by atoms with Crippen LogP contribution in [0.15, 0.2) is 24.3 Å². The molecular formula is C31H54N4O3. The Kier molecular flexibility index (Phi) is 16.6. The van der Waals surface area contributed by atoms with E-state index in [1.807, 2.05) is 53.7 Å². The number of rotatable bonds is 10. The third-order valence-electron chi connectivity index (χ3n) is 7.42. The molecule has 1 fully saturated rings. The lowest BCUT2D eigenvalue weighted by Gasteiger charge is -2.37. The molecule has 1 aromatic rings. The lowest BCUT2D eigenvalue weighted by Crippen LogP contribution is -2.58. The molecule has 0 radical (unpaired) electrons. The van der Waals surface area contributed by atoms with Crippen LogP contribution >= 0.6 is 0 Å². The number of hydrogen-bond donors (Lipinski definition) is 3. The lowest BCUT2D eigenvalue weighted by atomic mass is 9.83. The highest BCUT2D eigenvalue weighted by Gasteiger charge is 2.38. The predicted octanol–water partition coefficient (Wildman–Crippen LogP) is 5.14. The molecule has 3 amide bonds. The number of nitrogens with zero attached hydrogens (tertiary/aromatic N) is 1. The molecule has 2 aliphatic carbocycles. The molecule has 0 spiro atoms. The van der Waals surface area contributed by atoms with Crippen molar-refractivity contribution >= 4 is 17.7 Å². The monoisotopic (exact) mass is 530 g/mol. The Bertz CT molecular complexity index is 838. The van der Waals surface area contributed by atoms with Crippen molar-refractivity contribution in [3.8, 4) is 0 Å². The third kappa shape index (κ3) is 9.40. The van der Waals surface area contributed by atoms with Gasteiger partial charge >= 0.3 is 0 Å². The zero-order valence-corrected chi connectivity index (χ0v) is 25.1. The van der Waals surface area contributed by atoms with Crippen molar-refractivity contribution in [1.82, 2.24) is 20.9 Å². The molecule has 0 heterocycles. The van der Waals surface area contributed by atoms with E-state index in [1.165, 1.54) is 17.5 Å². The van der Waals surface area contributed by atoms with Crippen LogP contribution in [0.25, 0.3) is 0 Å². The maximum Gasteiger partial charge on any atom is 0.246 e. The minimum Gasteiger partial charge on any atom is -0.347 e.